The van der Waals surface area contributed by atoms with Gasteiger partial charge in [0.2, 0.25) is 0 Å². The van der Waals surface area contributed by atoms with E-state index in [-0.39, 0.29) is 0 Å². The molecule has 19 heavy (non-hydrogen) atoms. The van der Waals surface area contributed by atoms with E-state index in [1.54, 1.807) is 25.3 Å². The molecule has 1 aromatic carbocycles. The standard InChI is InChI=1S/C13H13Cl2N3O/c1-7-8(2)17-13(12(15)16-7)18-11-6-9(19-3)4-5-10(11)14/h4-6H,1-3H3,(H,17,18). The van der Waals surface area contributed by atoms with Crippen LogP contribution in [0, 0.1) is 13.8 Å². The normalized spacial score (nSPS) is 10.4. The number of anilines is 2. The molecule has 0 fully saturated rings. The minimum absolute atomic E-state index is 0.307. The van der Waals surface area contributed by atoms with Gasteiger partial charge in [-0.25, -0.2) is 9.97 Å². The van der Waals surface area contributed by atoms with E-state index in [0.717, 1.165) is 11.4 Å². The number of aryl methyl sites for hydroxylation is 2. The Kier molecular flexibility index (Phi) is 4.12. The van der Waals surface area contributed by atoms with E-state index in [2.05, 4.69) is 15.3 Å². The van der Waals surface area contributed by atoms with Gasteiger partial charge in [-0.2, -0.15) is 0 Å². The van der Waals surface area contributed by atoms with Crippen molar-refractivity contribution in [1.82, 2.24) is 9.97 Å². The van der Waals surface area contributed by atoms with Crippen LogP contribution in [0.5, 0.6) is 5.75 Å². The highest BCUT2D eigenvalue weighted by molar-refractivity contribution is 6.34. The molecule has 0 saturated carbocycles. The summed E-state index contributed by atoms with van der Waals surface area (Å²) in [5, 5.41) is 3.93. The first-order valence-electron chi connectivity index (χ1n) is 5.62. The molecule has 4 nitrogen and oxygen atoms in total. The molecule has 0 saturated heterocycles. The summed E-state index contributed by atoms with van der Waals surface area (Å²) in [6.45, 7) is 3.73. The van der Waals surface area contributed by atoms with Crippen molar-refractivity contribution in [2.24, 2.45) is 0 Å². The number of aromatic nitrogens is 2. The molecule has 0 aliphatic heterocycles. The number of hydrogen-bond donors (Lipinski definition) is 1. The number of halogens is 2. The molecule has 0 bridgehead atoms. The van der Waals surface area contributed by atoms with Crippen LogP contribution in [0.4, 0.5) is 11.5 Å². The first kappa shape index (κ1) is 13.9. The Morgan fingerprint density at radius 3 is 2.47 bits per heavy atom. The molecule has 2 aromatic rings. The minimum Gasteiger partial charge on any atom is -0.497 e. The Bertz CT molecular complexity index is 617. The Hall–Kier alpha value is -1.52. The predicted octanol–water partition coefficient (Wildman–Crippen LogP) is 4.15. The van der Waals surface area contributed by atoms with Gasteiger partial charge < -0.3 is 10.1 Å². The van der Waals surface area contributed by atoms with Gasteiger partial charge in [0.25, 0.3) is 0 Å². The maximum Gasteiger partial charge on any atom is 0.172 e. The van der Waals surface area contributed by atoms with Crippen molar-refractivity contribution in [1.29, 1.82) is 0 Å². The second kappa shape index (κ2) is 5.63. The molecule has 1 heterocycles. The van der Waals surface area contributed by atoms with Crippen LogP contribution >= 0.6 is 23.2 Å². The zero-order valence-electron chi connectivity index (χ0n) is 10.8. The van der Waals surface area contributed by atoms with Crippen LogP contribution in [0.15, 0.2) is 18.2 Å². The van der Waals surface area contributed by atoms with Crippen LogP contribution in [0.3, 0.4) is 0 Å². The van der Waals surface area contributed by atoms with E-state index in [4.69, 9.17) is 27.9 Å². The van der Waals surface area contributed by atoms with Crippen molar-refractivity contribution in [3.8, 4) is 5.75 Å². The Morgan fingerprint density at radius 1 is 1.11 bits per heavy atom. The van der Waals surface area contributed by atoms with E-state index < -0.39 is 0 Å². The second-order valence-electron chi connectivity index (χ2n) is 4.00. The number of rotatable bonds is 3. The zero-order valence-corrected chi connectivity index (χ0v) is 12.3. The summed E-state index contributed by atoms with van der Waals surface area (Å²) in [6.07, 6.45) is 0. The van der Waals surface area contributed by atoms with E-state index in [0.29, 0.717) is 27.4 Å². The highest BCUT2D eigenvalue weighted by Gasteiger charge is 2.10. The van der Waals surface area contributed by atoms with Gasteiger partial charge in [0.1, 0.15) is 5.75 Å². The Labute approximate surface area is 121 Å². The fourth-order valence-corrected chi connectivity index (χ4v) is 1.89. The number of methoxy groups -OCH3 is 1. The van der Waals surface area contributed by atoms with Gasteiger partial charge in [0.05, 0.1) is 29.2 Å². The van der Waals surface area contributed by atoms with Gasteiger partial charge in [-0.1, -0.05) is 23.2 Å². The quantitative estimate of drug-likeness (QED) is 0.924. The van der Waals surface area contributed by atoms with Gasteiger partial charge in [-0.15, -0.1) is 0 Å². The van der Waals surface area contributed by atoms with E-state index in [1.165, 1.54) is 0 Å². The third-order valence-corrected chi connectivity index (χ3v) is 3.28. The molecule has 6 heteroatoms. The summed E-state index contributed by atoms with van der Waals surface area (Å²) < 4.78 is 5.15. The molecule has 1 N–H and O–H groups in total. The monoisotopic (exact) mass is 297 g/mol. The molecule has 0 atom stereocenters. The van der Waals surface area contributed by atoms with Crippen molar-refractivity contribution in [2.75, 3.05) is 12.4 Å². The van der Waals surface area contributed by atoms with Crippen LogP contribution < -0.4 is 10.1 Å². The Balaban J connectivity index is 2.38. The number of nitrogens with one attached hydrogen (secondary N) is 1. The van der Waals surface area contributed by atoms with Gasteiger partial charge in [-0.05, 0) is 26.0 Å². The topological polar surface area (TPSA) is 47.0 Å². The van der Waals surface area contributed by atoms with Crippen LogP contribution in [-0.2, 0) is 0 Å². The van der Waals surface area contributed by atoms with Gasteiger partial charge in [-0.3, -0.25) is 0 Å². The number of ether oxygens (including phenoxy) is 1. The van der Waals surface area contributed by atoms with Crippen LogP contribution in [0.2, 0.25) is 10.2 Å². The van der Waals surface area contributed by atoms with Gasteiger partial charge >= 0.3 is 0 Å². The van der Waals surface area contributed by atoms with Crippen molar-refractivity contribution in [2.45, 2.75) is 13.8 Å². The second-order valence-corrected chi connectivity index (χ2v) is 4.77. The third kappa shape index (κ3) is 3.08. The van der Waals surface area contributed by atoms with Crippen molar-refractivity contribution in [3.63, 3.8) is 0 Å². The lowest BCUT2D eigenvalue weighted by Crippen LogP contribution is -2.01. The predicted molar refractivity (Wildman–Crippen MR) is 77.8 cm³/mol. The van der Waals surface area contributed by atoms with Crippen molar-refractivity contribution >= 4 is 34.7 Å². The summed E-state index contributed by atoms with van der Waals surface area (Å²) in [7, 11) is 1.59. The molecule has 0 radical (unpaired) electrons. The molecule has 1 aromatic heterocycles. The van der Waals surface area contributed by atoms with Crippen LogP contribution in [0.25, 0.3) is 0 Å². The summed E-state index contributed by atoms with van der Waals surface area (Å²) >= 11 is 12.2. The van der Waals surface area contributed by atoms with E-state index in [1.807, 2.05) is 13.8 Å². The molecule has 0 aliphatic rings. The lowest BCUT2D eigenvalue weighted by atomic mass is 10.3. The maximum absolute atomic E-state index is 6.12. The first-order valence-corrected chi connectivity index (χ1v) is 6.38. The first-order chi connectivity index (χ1) is 9.01. The zero-order chi connectivity index (χ0) is 14.0. The molecule has 0 unspecified atom stereocenters. The Morgan fingerprint density at radius 2 is 1.79 bits per heavy atom. The van der Waals surface area contributed by atoms with Crippen molar-refractivity contribution in [3.05, 3.63) is 39.8 Å². The van der Waals surface area contributed by atoms with Crippen LogP contribution in [-0.4, -0.2) is 17.1 Å². The van der Waals surface area contributed by atoms with Crippen LogP contribution in [0.1, 0.15) is 11.4 Å². The van der Waals surface area contributed by atoms with Crippen molar-refractivity contribution < 1.29 is 4.74 Å². The average Bonchev–Trinajstić information content (AvgIpc) is 2.38. The van der Waals surface area contributed by atoms with Gasteiger partial charge in [0.15, 0.2) is 11.0 Å². The summed E-state index contributed by atoms with van der Waals surface area (Å²) in [6, 6.07) is 5.29. The lowest BCUT2D eigenvalue weighted by molar-refractivity contribution is 0.415. The highest BCUT2D eigenvalue weighted by Crippen LogP contribution is 2.31. The SMILES string of the molecule is COc1ccc(Cl)c(Nc2nc(C)c(C)nc2Cl)c1. The van der Waals surface area contributed by atoms with Gasteiger partial charge in [0, 0.05) is 6.07 Å². The molecule has 2 rings (SSSR count). The summed E-state index contributed by atoms with van der Waals surface area (Å²) in [5.74, 6) is 1.17. The molecule has 0 amide bonds. The maximum atomic E-state index is 6.12. The molecular weight excluding hydrogens is 285 g/mol. The smallest absolute Gasteiger partial charge is 0.172 e. The highest BCUT2D eigenvalue weighted by atomic mass is 35.5. The lowest BCUT2D eigenvalue weighted by Gasteiger charge is -2.11. The third-order valence-electron chi connectivity index (χ3n) is 2.69. The number of nitrogens with zero attached hydrogens (tertiary/aromatic N) is 2. The molecular formula is C13H13Cl2N3O. The molecule has 0 aliphatic carbocycles. The fraction of sp³-hybridized carbons (Fsp3) is 0.231. The summed E-state index contributed by atoms with van der Waals surface area (Å²) in [5.41, 5.74) is 2.28. The molecule has 100 valence electrons. The summed E-state index contributed by atoms with van der Waals surface area (Å²) in [4.78, 5) is 8.57. The minimum atomic E-state index is 0.307. The largest absolute Gasteiger partial charge is 0.497 e. The molecule has 0 spiro atoms. The fourth-order valence-electron chi connectivity index (χ4n) is 1.51. The van der Waals surface area contributed by atoms with E-state index in [9.17, 15) is 0 Å². The number of benzene rings is 1. The number of hydrogen-bond acceptors (Lipinski definition) is 4. The average molecular weight is 298 g/mol. The van der Waals surface area contributed by atoms with E-state index >= 15 is 0 Å².